The minimum absolute atomic E-state index is 0.102. The van der Waals surface area contributed by atoms with E-state index in [2.05, 4.69) is 13.8 Å². The lowest BCUT2D eigenvalue weighted by molar-refractivity contribution is -0.137. The summed E-state index contributed by atoms with van der Waals surface area (Å²) in [6.45, 7) is 4.12. The van der Waals surface area contributed by atoms with Gasteiger partial charge in [-0.1, -0.05) is 26.0 Å². The predicted octanol–water partition coefficient (Wildman–Crippen LogP) is 5.33. The maximum atomic E-state index is 14.0. The molecule has 150 valence electrons. The number of halogens is 1. The topological polar surface area (TPSA) is 77.8 Å². The first kappa shape index (κ1) is 22.7. The Labute approximate surface area is 156 Å². The second-order valence-electron chi connectivity index (χ2n) is 7.92. The van der Waals surface area contributed by atoms with Crippen LogP contribution in [0.5, 0.6) is 0 Å². The van der Waals surface area contributed by atoms with E-state index in [0.29, 0.717) is 44.4 Å². The second kappa shape index (κ2) is 11.4. The highest BCUT2D eigenvalue weighted by molar-refractivity contribution is 5.66. The van der Waals surface area contributed by atoms with Crippen LogP contribution < -0.4 is 0 Å². The Morgan fingerprint density at radius 3 is 2.58 bits per heavy atom. The van der Waals surface area contributed by atoms with Gasteiger partial charge >= 0.3 is 5.97 Å². The molecule has 1 aliphatic carbocycles. The predicted molar refractivity (Wildman–Crippen MR) is 102 cm³/mol. The number of allylic oxidation sites excluding steroid dienone is 3. The van der Waals surface area contributed by atoms with Crippen molar-refractivity contribution >= 4 is 5.97 Å². The Kier molecular flexibility index (Phi) is 9.92. The highest BCUT2D eigenvalue weighted by Gasteiger charge is 2.44. The minimum Gasteiger partial charge on any atom is -0.512 e. The number of aliphatic hydroxyl groups is 2. The van der Waals surface area contributed by atoms with Gasteiger partial charge in [0, 0.05) is 12.8 Å². The van der Waals surface area contributed by atoms with E-state index >= 15 is 0 Å². The van der Waals surface area contributed by atoms with Crippen LogP contribution in [-0.2, 0) is 4.79 Å². The van der Waals surface area contributed by atoms with E-state index in [1.807, 2.05) is 12.2 Å². The van der Waals surface area contributed by atoms with E-state index < -0.39 is 23.7 Å². The number of unbranched alkanes of at least 4 members (excludes halogenated alkanes) is 1. The molecule has 1 fully saturated rings. The monoisotopic (exact) mass is 370 g/mol. The molecule has 1 rings (SSSR count). The molecule has 0 saturated heterocycles. The van der Waals surface area contributed by atoms with Gasteiger partial charge in [-0.3, -0.25) is 4.79 Å². The summed E-state index contributed by atoms with van der Waals surface area (Å²) >= 11 is 0. The fourth-order valence-electron chi connectivity index (χ4n) is 3.55. The number of hydrogen-bond acceptors (Lipinski definition) is 3. The Bertz CT molecular complexity index is 486. The van der Waals surface area contributed by atoms with Gasteiger partial charge in [0.1, 0.15) is 6.17 Å². The molecule has 0 radical (unpaired) electrons. The van der Waals surface area contributed by atoms with E-state index in [1.165, 1.54) is 0 Å². The number of carboxylic acids is 1. The molecule has 0 aliphatic heterocycles. The Morgan fingerprint density at radius 1 is 1.27 bits per heavy atom. The van der Waals surface area contributed by atoms with Crippen LogP contribution in [0.1, 0.15) is 78.1 Å². The number of aliphatic hydroxyl groups excluding tert-OH is 2. The summed E-state index contributed by atoms with van der Waals surface area (Å²) in [7, 11) is 0. The highest BCUT2D eigenvalue weighted by Crippen LogP contribution is 2.46. The van der Waals surface area contributed by atoms with E-state index in [1.54, 1.807) is 6.08 Å². The van der Waals surface area contributed by atoms with Crippen LogP contribution in [0.4, 0.5) is 4.39 Å². The van der Waals surface area contributed by atoms with Gasteiger partial charge in [-0.2, -0.15) is 0 Å². The third-order valence-corrected chi connectivity index (χ3v) is 5.28. The average molecular weight is 371 g/mol. The van der Waals surface area contributed by atoms with Crippen molar-refractivity contribution in [2.75, 3.05) is 0 Å². The third-order valence-electron chi connectivity index (χ3n) is 5.28. The molecule has 3 N–H and O–H groups in total. The SMILES string of the molecule is CC(C)CCC(F)CC=C(O)[C@]1(C/C=C\CCCC(=O)O)CCC[C@@H]1O. The molecule has 0 amide bonds. The summed E-state index contributed by atoms with van der Waals surface area (Å²) in [5.74, 6) is -0.245. The summed E-state index contributed by atoms with van der Waals surface area (Å²) in [6, 6.07) is 0. The maximum Gasteiger partial charge on any atom is 0.303 e. The Balaban J connectivity index is 2.62. The van der Waals surface area contributed by atoms with Gasteiger partial charge in [0.25, 0.3) is 0 Å². The molecule has 3 atom stereocenters. The van der Waals surface area contributed by atoms with Crippen LogP contribution in [-0.4, -0.2) is 33.6 Å². The molecule has 26 heavy (non-hydrogen) atoms. The summed E-state index contributed by atoms with van der Waals surface area (Å²) < 4.78 is 14.0. The first-order chi connectivity index (χ1) is 12.3. The number of rotatable bonds is 12. The summed E-state index contributed by atoms with van der Waals surface area (Å²) in [5, 5.41) is 29.7. The van der Waals surface area contributed by atoms with Crippen LogP contribution in [0.2, 0.25) is 0 Å². The molecule has 1 saturated carbocycles. The van der Waals surface area contributed by atoms with Crippen LogP contribution in [0.15, 0.2) is 24.0 Å². The van der Waals surface area contributed by atoms with Crippen molar-refractivity contribution in [1.29, 1.82) is 0 Å². The zero-order valence-electron chi connectivity index (χ0n) is 16.2. The third kappa shape index (κ3) is 7.48. The number of carbonyl (C=O) groups is 1. The lowest BCUT2D eigenvalue weighted by Crippen LogP contribution is -2.32. The van der Waals surface area contributed by atoms with Gasteiger partial charge in [0.15, 0.2) is 0 Å². The summed E-state index contributed by atoms with van der Waals surface area (Å²) in [6.07, 6.45) is 9.26. The van der Waals surface area contributed by atoms with Crippen molar-refractivity contribution in [1.82, 2.24) is 0 Å². The molecule has 0 spiro atoms. The van der Waals surface area contributed by atoms with Gasteiger partial charge in [-0.05, 0) is 63.4 Å². The van der Waals surface area contributed by atoms with E-state index in [-0.39, 0.29) is 18.6 Å². The number of carboxylic acid groups (broad SMARTS) is 1. The molecule has 1 aliphatic rings. The van der Waals surface area contributed by atoms with Crippen molar-refractivity contribution in [2.45, 2.75) is 90.3 Å². The van der Waals surface area contributed by atoms with Gasteiger partial charge in [-0.25, -0.2) is 4.39 Å². The molecule has 1 unspecified atom stereocenters. The van der Waals surface area contributed by atoms with Gasteiger partial charge in [-0.15, -0.1) is 0 Å². The van der Waals surface area contributed by atoms with Crippen LogP contribution in [0.25, 0.3) is 0 Å². The molecule has 5 heteroatoms. The highest BCUT2D eigenvalue weighted by atomic mass is 19.1. The lowest BCUT2D eigenvalue weighted by atomic mass is 9.78. The first-order valence-electron chi connectivity index (χ1n) is 9.86. The maximum absolute atomic E-state index is 14.0. The number of aliphatic carboxylic acids is 1. The molecule has 0 bridgehead atoms. The van der Waals surface area contributed by atoms with E-state index in [4.69, 9.17) is 5.11 Å². The van der Waals surface area contributed by atoms with Crippen LogP contribution in [0.3, 0.4) is 0 Å². The quantitative estimate of drug-likeness (QED) is 0.247. The molecule has 0 heterocycles. The second-order valence-corrected chi connectivity index (χ2v) is 7.92. The molecular weight excluding hydrogens is 335 g/mol. The average Bonchev–Trinajstić information content (AvgIpc) is 2.95. The molecule has 4 nitrogen and oxygen atoms in total. The molecular formula is C21H35FO4. The molecule has 0 aromatic rings. The smallest absolute Gasteiger partial charge is 0.303 e. The van der Waals surface area contributed by atoms with Gasteiger partial charge < -0.3 is 15.3 Å². The number of hydrogen-bond donors (Lipinski definition) is 3. The van der Waals surface area contributed by atoms with Crippen molar-refractivity contribution in [3.05, 3.63) is 24.0 Å². The van der Waals surface area contributed by atoms with Crippen molar-refractivity contribution in [3.8, 4) is 0 Å². The summed E-state index contributed by atoms with van der Waals surface area (Å²) in [4.78, 5) is 10.5. The largest absolute Gasteiger partial charge is 0.512 e. The molecule has 0 aromatic heterocycles. The first-order valence-corrected chi connectivity index (χ1v) is 9.86. The van der Waals surface area contributed by atoms with Crippen LogP contribution in [0, 0.1) is 11.3 Å². The zero-order valence-corrected chi connectivity index (χ0v) is 16.2. The fourth-order valence-corrected chi connectivity index (χ4v) is 3.55. The zero-order chi connectivity index (χ0) is 19.6. The molecule has 0 aromatic carbocycles. The Hall–Kier alpha value is -1.36. The van der Waals surface area contributed by atoms with Crippen molar-refractivity contribution in [2.24, 2.45) is 11.3 Å². The summed E-state index contributed by atoms with van der Waals surface area (Å²) in [5.41, 5.74) is -0.721. The minimum atomic E-state index is -0.971. The van der Waals surface area contributed by atoms with E-state index in [0.717, 1.165) is 12.8 Å². The van der Waals surface area contributed by atoms with Crippen molar-refractivity contribution in [3.63, 3.8) is 0 Å². The van der Waals surface area contributed by atoms with Gasteiger partial charge in [0.2, 0.25) is 0 Å². The van der Waals surface area contributed by atoms with Gasteiger partial charge in [0.05, 0.1) is 17.3 Å². The number of alkyl halides is 1. The Morgan fingerprint density at radius 2 is 2.00 bits per heavy atom. The van der Waals surface area contributed by atoms with E-state index in [9.17, 15) is 19.4 Å². The van der Waals surface area contributed by atoms with Crippen molar-refractivity contribution < 1.29 is 24.5 Å². The van der Waals surface area contributed by atoms with Crippen LogP contribution >= 0.6 is 0 Å². The lowest BCUT2D eigenvalue weighted by Gasteiger charge is -2.31. The fraction of sp³-hybridized carbons (Fsp3) is 0.762. The standard InChI is InChI=1S/C21H35FO4/c1-16(2)10-11-17(22)12-13-19(24)21(15-7-8-18(21)23)14-6-4-3-5-9-20(25)26/h4,6,13,16-18,23-24H,3,5,7-12,14-15H2,1-2H3,(H,25,26)/b6-4-,19-13?/t17?,18-,21+/m0/s1. The normalized spacial score (nSPS) is 25.3.